The van der Waals surface area contributed by atoms with Crippen molar-refractivity contribution in [2.24, 2.45) is 11.8 Å². The standard InChI is InChI=1S/C15H33B/c1-8-9-10-11-16(14(6)12(2)3)15(7)13(4)5/h12-15H,8-11H2,1-7H3. The lowest BCUT2D eigenvalue weighted by atomic mass is 9.29. The molecule has 0 fully saturated rings. The second kappa shape index (κ2) is 8.20. The molecule has 2 unspecified atom stereocenters. The summed E-state index contributed by atoms with van der Waals surface area (Å²) in [5.41, 5.74) is 0. The van der Waals surface area contributed by atoms with Crippen molar-refractivity contribution in [1.82, 2.24) is 0 Å². The molecule has 0 aliphatic heterocycles. The normalized spacial score (nSPS) is 15.6. The van der Waals surface area contributed by atoms with Crippen LogP contribution in [0.25, 0.3) is 0 Å². The zero-order valence-electron chi connectivity index (χ0n) is 12.7. The Morgan fingerprint density at radius 1 is 0.750 bits per heavy atom. The molecule has 0 heterocycles. The van der Waals surface area contributed by atoms with Gasteiger partial charge >= 0.3 is 0 Å². The van der Waals surface area contributed by atoms with Crippen molar-refractivity contribution in [3.63, 3.8) is 0 Å². The molecule has 0 spiro atoms. The lowest BCUT2D eigenvalue weighted by molar-refractivity contribution is 0.555. The molecule has 0 aromatic carbocycles. The van der Waals surface area contributed by atoms with E-state index in [9.17, 15) is 0 Å². The molecule has 2 atom stereocenters. The van der Waals surface area contributed by atoms with Crippen LogP contribution in [0, 0.1) is 11.8 Å². The Bertz CT molecular complexity index is 149. The molecule has 0 aromatic heterocycles. The maximum absolute atomic E-state index is 2.46. The van der Waals surface area contributed by atoms with Gasteiger partial charge in [-0.2, -0.15) is 0 Å². The molecular formula is C15H33B. The van der Waals surface area contributed by atoms with Crippen LogP contribution in [0.2, 0.25) is 18.0 Å². The second-order valence-electron chi connectivity index (χ2n) is 6.37. The molecular weight excluding hydrogens is 191 g/mol. The zero-order valence-corrected chi connectivity index (χ0v) is 12.7. The fourth-order valence-electron chi connectivity index (χ4n) is 2.62. The molecule has 0 aliphatic carbocycles. The van der Waals surface area contributed by atoms with Gasteiger partial charge in [0.1, 0.15) is 6.71 Å². The quantitative estimate of drug-likeness (QED) is 0.363. The minimum absolute atomic E-state index is 0.827. The highest BCUT2D eigenvalue weighted by molar-refractivity contribution is 6.62. The maximum atomic E-state index is 2.46. The minimum atomic E-state index is 0.827. The first-order valence-corrected chi connectivity index (χ1v) is 7.41. The molecule has 0 nitrogen and oxygen atoms in total. The van der Waals surface area contributed by atoms with Crippen molar-refractivity contribution in [3.05, 3.63) is 0 Å². The average molecular weight is 224 g/mol. The lowest BCUT2D eigenvalue weighted by Gasteiger charge is -2.31. The van der Waals surface area contributed by atoms with Crippen LogP contribution < -0.4 is 0 Å². The molecule has 0 amide bonds. The van der Waals surface area contributed by atoms with Gasteiger partial charge in [0.25, 0.3) is 0 Å². The van der Waals surface area contributed by atoms with E-state index in [1.807, 2.05) is 0 Å². The van der Waals surface area contributed by atoms with E-state index < -0.39 is 0 Å². The first-order chi connectivity index (χ1) is 7.41. The Labute approximate surface area is 105 Å². The number of unbranched alkanes of at least 4 members (excludes halogenated alkanes) is 2. The maximum Gasteiger partial charge on any atom is 0.146 e. The van der Waals surface area contributed by atoms with Crippen LogP contribution in [-0.2, 0) is 0 Å². The summed E-state index contributed by atoms with van der Waals surface area (Å²) < 4.78 is 0. The molecule has 0 N–H and O–H groups in total. The Morgan fingerprint density at radius 3 is 1.50 bits per heavy atom. The molecule has 0 saturated carbocycles. The summed E-state index contributed by atoms with van der Waals surface area (Å²) in [6.45, 7) is 17.7. The first-order valence-electron chi connectivity index (χ1n) is 7.41. The molecule has 0 aromatic rings. The van der Waals surface area contributed by atoms with Crippen LogP contribution in [0.15, 0.2) is 0 Å². The van der Waals surface area contributed by atoms with E-state index >= 15 is 0 Å². The van der Waals surface area contributed by atoms with E-state index in [2.05, 4.69) is 48.5 Å². The SMILES string of the molecule is CCCCCB(C(C)C(C)C)C(C)C(C)C. The van der Waals surface area contributed by atoms with Gasteiger partial charge in [-0.1, -0.05) is 97.5 Å². The van der Waals surface area contributed by atoms with Gasteiger partial charge in [0.15, 0.2) is 0 Å². The van der Waals surface area contributed by atoms with Gasteiger partial charge in [0.05, 0.1) is 0 Å². The fraction of sp³-hybridized carbons (Fsp3) is 1.00. The highest BCUT2D eigenvalue weighted by atomic mass is 14.1. The van der Waals surface area contributed by atoms with Crippen LogP contribution >= 0.6 is 0 Å². The molecule has 0 radical (unpaired) electrons. The number of hydrogen-bond donors (Lipinski definition) is 0. The smallest absolute Gasteiger partial charge is 0.0737 e. The highest BCUT2D eigenvalue weighted by Crippen LogP contribution is 2.35. The van der Waals surface area contributed by atoms with E-state index in [1.165, 1.54) is 25.6 Å². The van der Waals surface area contributed by atoms with Crippen molar-refractivity contribution in [2.75, 3.05) is 0 Å². The summed E-state index contributed by atoms with van der Waals surface area (Å²) in [6, 6.07) is 0. The number of hydrogen-bond acceptors (Lipinski definition) is 0. The van der Waals surface area contributed by atoms with Gasteiger partial charge < -0.3 is 0 Å². The third-order valence-electron chi connectivity index (χ3n) is 4.59. The van der Waals surface area contributed by atoms with E-state index in [1.54, 1.807) is 0 Å². The van der Waals surface area contributed by atoms with E-state index in [0.29, 0.717) is 0 Å². The van der Waals surface area contributed by atoms with Crippen molar-refractivity contribution >= 4 is 6.71 Å². The largest absolute Gasteiger partial charge is 0.146 e. The Morgan fingerprint density at radius 2 is 1.19 bits per heavy atom. The average Bonchev–Trinajstić information content (AvgIpc) is 2.22. The van der Waals surface area contributed by atoms with Gasteiger partial charge in [-0.3, -0.25) is 0 Å². The lowest BCUT2D eigenvalue weighted by Crippen LogP contribution is -2.29. The third-order valence-corrected chi connectivity index (χ3v) is 4.59. The zero-order chi connectivity index (χ0) is 12.7. The van der Waals surface area contributed by atoms with Crippen LogP contribution in [0.3, 0.4) is 0 Å². The Hall–Kier alpha value is 0.0649. The van der Waals surface area contributed by atoms with Gasteiger partial charge in [-0.15, -0.1) is 0 Å². The molecule has 96 valence electrons. The first kappa shape index (κ1) is 16.1. The van der Waals surface area contributed by atoms with Crippen molar-refractivity contribution < 1.29 is 0 Å². The highest BCUT2D eigenvalue weighted by Gasteiger charge is 2.30. The van der Waals surface area contributed by atoms with Gasteiger partial charge in [0, 0.05) is 0 Å². The van der Waals surface area contributed by atoms with E-state index in [-0.39, 0.29) is 0 Å². The molecule has 1 heteroatoms. The van der Waals surface area contributed by atoms with Crippen molar-refractivity contribution in [3.8, 4) is 0 Å². The van der Waals surface area contributed by atoms with Crippen LogP contribution in [0.1, 0.15) is 67.7 Å². The van der Waals surface area contributed by atoms with E-state index in [4.69, 9.17) is 0 Å². The van der Waals surface area contributed by atoms with Crippen LogP contribution in [-0.4, -0.2) is 6.71 Å². The van der Waals surface area contributed by atoms with Gasteiger partial charge in [-0.05, 0) is 0 Å². The summed E-state index contributed by atoms with van der Waals surface area (Å²) in [7, 11) is 0. The Balaban J connectivity index is 4.37. The summed E-state index contributed by atoms with van der Waals surface area (Å²) in [5, 5.41) is 0. The topological polar surface area (TPSA) is 0 Å². The van der Waals surface area contributed by atoms with Crippen molar-refractivity contribution in [1.29, 1.82) is 0 Å². The van der Waals surface area contributed by atoms with Crippen LogP contribution in [0.4, 0.5) is 0 Å². The second-order valence-corrected chi connectivity index (χ2v) is 6.37. The number of rotatable bonds is 8. The van der Waals surface area contributed by atoms with Crippen molar-refractivity contribution in [2.45, 2.75) is 85.7 Å². The summed E-state index contributed by atoms with van der Waals surface area (Å²) in [4.78, 5) is 0. The molecule has 0 aliphatic rings. The summed E-state index contributed by atoms with van der Waals surface area (Å²) in [6.07, 6.45) is 5.62. The third kappa shape index (κ3) is 5.41. The van der Waals surface area contributed by atoms with Gasteiger partial charge in [-0.25, -0.2) is 0 Å². The summed E-state index contributed by atoms with van der Waals surface area (Å²) in [5.74, 6) is 3.39. The molecule has 0 rings (SSSR count). The minimum Gasteiger partial charge on any atom is -0.0737 e. The fourth-order valence-corrected chi connectivity index (χ4v) is 2.62. The van der Waals surface area contributed by atoms with E-state index in [0.717, 1.165) is 30.2 Å². The predicted octanol–water partition coefficient (Wildman–Crippen LogP) is 5.76. The summed E-state index contributed by atoms with van der Waals surface area (Å²) >= 11 is 0. The molecule has 16 heavy (non-hydrogen) atoms. The monoisotopic (exact) mass is 224 g/mol. The predicted molar refractivity (Wildman–Crippen MR) is 78.6 cm³/mol. The van der Waals surface area contributed by atoms with Gasteiger partial charge in [0.2, 0.25) is 0 Å². The Kier molecular flexibility index (Phi) is 8.23. The molecule has 0 saturated heterocycles. The molecule has 0 bridgehead atoms. The van der Waals surface area contributed by atoms with Crippen LogP contribution in [0.5, 0.6) is 0 Å².